The third kappa shape index (κ3) is 4.13. The van der Waals surface area contributed by atoms with E-state index in [2.05, 4.69) is 6.07 Å². The first-order valence-corrected chi connectivity index (χ1v) is 11.1. The lowest BCUT2D eigenvalue weighted by atomic mass is 10.2. The van der Waals surface area contributed by atoms with Crippen LogP contribution in [0.2, 0.25) is 0 Å². The second-order valence-corrected chi connectivity index (χ2v) is 8.60. The zero-order chi connectivity index (χ0) is 19.3. The third-order valence-electron chi connectivity index (χ3n) is 4.81. The maximum Gasteiger partial charge on any atom is 0.272 e. The van der Waals surface area contributed by atoms with Crippen molar-refractivity contribution in [2.24, 2.45) is 0 Å². The Morgan fingerprint density at radius 1 is 1.29 bits per heavy atom. The molecular weight excluding hydrogens is 392 g/mol. The van der Waals surface area contributed by atoms with Gasteiger partial charge in [0, 0.05) is 4.88 Å². The van der Waals surface area contributed by atoms with E-state index in [1.807, 2.05) is 36.4 Å². The van der Waals surface area contributed by atoms with Crippen molar-refractivity contribution in [3.63, 3.8) is 0 Å². The van der Waals surface area contributed by atoms with Gasteiger partial charge >= 0.3 is 0 Å². The van der Waals surface area contributed by atoms with Gasteiger partial charge in [0.1, 0.15) is 17.8 Å². The van der Waals surface area contributed by atoms with E-state index in [0.717, 1.165) is 43.3 Å². The van der Waals surface area contributed by atoms with Crippen LogP contribution in [0.5, 0.6) is 0 Å². The molecule has 0 spiro atoms. The fourth-order valence-electron chi connectivity index (χ4n) is 3.32. The van der Waals surface area contributed by atoms with Crippen LogP contribution >= 0.6 is 23.1 Å². The summed E-state index contributed by atoms with van der Waals surface area (Å²) in [6, 6.07) is 14.1. The molecule has 1 fully saturated rings. The van der Waals surface area contributed by atoms with Crippen LogP contribution in [0.3, 0.4) is 0 Å². The molecule has 1 N–H and O–H groups in total. The Hall–Kier alpha value is -2.18. The van der Waals surface area contributed by atoms with Gasteiger partial charge in [-0.3, -0.25) is 9.36 Å². The molecule has 144 valence electrons. The monoisotopic (exact) mass is 413 g/mol. The Morgan fingerprint density at radius 3 is 2.82 bits per heavy atom. The Labute approximate surface area is 171 Å². The summed E-state index contributed by atoms with van der Waals surface area (Å²) in [5.41, 5.74) is 1.79. The van der Waals surface area contributed by atoms with Crippen LogP contribution in [-0.2, 0) is 11.3 Å². The molecule has 0 aliphatic carbocycles. The van der Waals surface area contributed by atoms with E-state index in [9.17, 15) is 4.79 Å². The van der Waals surface area contributed by atoms with E-state index in [1.165, 1.54) is 28.0 Å². The molecule has 1 aromatic carbocycles. The minimum absolute atomic E-state index is 0.00900. The minimum Gasteiger partial charge on any atom is -0.370 e. The normalized spacial score (nSPS) is 15.0. The Kier molecular flexibility index (Phi) is 6.07. The van der Waals surface area contributed by atoms with Crippen molar-refractivity contribution in [3.8, 4) is 16.5 Å². The van der Waals surface area contributed by atoms with Crippen molar-refractivity contribution in [2.45, 2.75) is 11.7 Å². The van der Waals surface area contributed by atoms with Crippen LogP contribution in [0.1, 0.15) is 0 Å². The van der Waals surface area contributed by atoms with Crippen molar-refractivity contribution in [1.82, 2.24) is 9.55 Å². The SMILES string of the molecule is N#CCSc1nc2cc(-c3ccccc3)sc2c(=O)n1CC[NH+]1CCOCC1. The highest BCUT2D eigenvalue weighted by molar-refractivity contribution is 7.99. The number of hydrogen-bond acceptors (Lipinski definition) is 6. The van der Waals surface area contributed by atoms with Crippen molar-refractivity contribution in [1.29, 1.82) is 5.26 Å². The van der Waals surface area contributed by atoms with Gasteiger partial charge in [0.05, 0.1) is 43.6 Å². The number of nitrogens with zero attached hydrogens (tertiary/aromatic N) is 3. The lowest BCUT2D eigenvalue weighted by Crippen LogP contribution is -3.14. The molecule has 1 saturated heterocycles. The van der Waals surface area contributed by atoms with Gasteiger partial charge in [-0.15, -0.1) is 11.3 Å². The molecule has 6 nitrogen and oxygen atoms in total. The molecule has 0 radical (unpaired) electrons. The topological polar surface area (TPSA) is 72.3 Å². The Balaban J connectivity index is 1.70. The van der Waals surface area contributed by atoms with Gasteiger partial charge in [0.25, 0.3) is 5.56 Å². The second-order valence-electron chi connectivity index (χ2n) is 6.60. The van der Waals surface area contributed by atoms with Crippen molar-refractivity contribution in [2.75, 3.05) is 38.6 Å². The lowest BCUT2D eigenvalue weighted by molar-refractivity contribution is -0.908. The molecule has 3 aromatic rings. The second kappa shape index (κ2) is 8.88. The van der Waals surface area contributed by atoms with Crippen LogP contribution in [0.25, 0.3) is 20.7 Å². The summed E-state index contributed by atoms with van der Waals surface area (Å²) in [6.45, 7) is 4.91. The highest BCUT2D eigenvalue weighted by atomic mass is 32.2. The summed E-state index contributed by atoms with van der Waals surface area (Å²) in [7, 11) is 0. The first-order valence-electron chi connectivity index (χ1n) is 9.27. The fourth-order valence-corrected chi connectivity index (χ4v) is 5.06. The number of morpholine rings is 1. The number of aromatic nitrogens is 2. The summed E-state index contributed by atoms with van der Waals surface area (Å²) >= 11 is 2.82. The first-order chi connectivity index (χ1) is 13.8. The van der Waals surface area contributed by atoms with Crippen LogP contribution < -0.4 is 10.5 Å². The van der Waals surface area contributed by atoms with Gasteiger partial charge < -0.3 is 9.64 Å². The van der Waals surface area contributed by atoms with Crippen LogP contribution in [0, 0.1) is 11.3 Å². The molecule has 28 heavy (non-hydrogen) atoms. The number of hydrogen-bond donors (Lipinski definition) is 1. The zero-order valence-corrected chi connectivity index (χ0v) is 17.0. The van der Waals surface area contributed by atoms with Gasteiger partial charge in [0.2, 0.25) is 0 Å². The minimum atomic E-state index is -0.00900. The molecule has 1 aliphatic rings. The maximum atomic E-state index is 13.2. The summed E-state index contributed by atoms with van der Waals surface area (Å²) in [5, 5.41) is 9.61. The zero-order valence-electron chi connectivity index (χ0n) is 15.4. The van der Waals surface area contributed by atoms with Crippen molar-refractivity contribution in [3.05, 3.63) is 46.8 Å². The van der Waals surface area contributed by atoms with E-state index < -0.39 is 0 Å². The number of nitriles is 1. The van der Waals surface area contributed by atoms with E-state index in [0.29, 0.717) is 21.9 Å². The predicted octanol–water partition coefficient (Wildman–Crippen LogP) is 1.66. The maximum absolute atomic E-state index is 13.2. The molecule has 1 aliphatic heterocycles. The number of quaternary nitrogens is 1. The molecular formula is C20H21N4O2S2+. The van der Waals surface area contributed by atoms with Crippen molar-refractivity contribution < 1.29 is 9.64 Å². The van der Waals surface area contributed by atoms with Crippen molar-refractivity contribution >= 4 is 33.3 Å². The molecule has 4 rings (SSSR count). The van der Waals surface area contributed by atoms with Gasteiger partial charge in [-0.05, 0) is 11.6 Å². The van der Waals surface area contributed by atoms with E-state index in [1.54, 1.807) is 4.57 Å². The predicted molar refractivity (Wildman–Crippen MR) is 112 cm³/mol. The number of thioether (sulfide) groups is 1. The molecule has 0 unspecified atom stereocenters. The molecule has 0 saturated carbocycles. The third-order valence-corrected chi connectivity index (χ3v) is 6.82. The number of rotatable bonds is 6. The molecule has 0 amide bonds. The summed E-state index contributed by atoms with van der Waals surface area (Å²) in [6.07, 6.45) is 0. The largest absolute Gasteiger partial charge is 0.370 e. The number of thiophene rings is 1. The molecule has 8 heteroatoms. The average molecular weight is 414 g/mol. The summed E-state index contributed by atoms with van der Waals surface area (Å²) in [4.78, 5) is 20.4. The quantitative estimate of drug-likeness (QED) is 0.492. The van der Waals surface area contributed by atoms with E-state index in [4.69, 9.17) is 15.0 Å². The smallest absolute Gasteiger partial charge is 0.272 e. The van der Waals surface area contributed by atoms with Gasteiger partial charge in [-0.2, -0.15) is 5.26 Å². The number of benzene rings is 1. The summed E-state index contributed by atoms with van der Waals surface area (Å²) < 4.78 is 7.84. The van der Waals surface area contributed by atoms with Gasteiger partial charge in [0.15, 0.2) is 5.16 Å². The molecule has 2 aromatic heterocycles. The van der Waals surface area contributed by atoms with Crippen LogP contribution in [0.4, 0.5) is 0 Å². The van der Waals surface area contributed by atoms with E-state index in [-0.39, 0.29) is 11.3 Å². The molecule has 3 heterocycles. The van der Waals surface area contributed by atoms with Crippen LogP contribution in [0.15, 0.2) is 46.3 Å². The lowest BCUT2D eigenvalue weighted by Gasteiger charge is -2.24. The van der Waals surface area contributed by atoms with E-state index >= 15 is 0 Å². The highest BCUT2D eigenvalue weighted by Crippen LogP contribution is 2.31. The van der Waals surface area contributed by atoms with Crippen LogP contribution in [-0.4, -0.2) is 48.2 Å². The molecule has 0 atom stereocenters. The summed E-state index contributed by atoms with van der Waals surface area (Å²) in [5.74, 6) is 0.276. The average Bonchev–Trinajstić information content (AvgIpc) is 3.17. The standard InChI is InChI=1S/C20H20N4O2S2/c21-6-13-27-20-22-16-14-17(15-4-2-1-3-5-15)28-18(16)19(25)24(20)8-7-23-9-11-26-12-10-23/h1-5,14H,7-13H2/p+1. The number of nitrogens with one attached hydrogen (secondary N) is 1. The van der Waals surface area contributed by atoms with Gasteiger partial charge in [-0.1, -0.05) is 42.1 Å². The fraction of sp³-hybridized carbons (Fsp3) is 0.350. The highest BCUT2D eigenvalue weighted by Gasteiger charge is 2.18. The Morgan fingerprint density at radius 2 is 2.07 bits per heavy atom. The Bertz CT molecular complexity index is 1050. The molecule has 0 bridgehead atoms. The van der Waals surface area contributed by atoms with Gasteiger partial charge in [-0.25, -0.2) is 4.98 Å². The number of ether oxygens (including phenoxy) is 1. The number of fused-ring (bicyclic) bond motifs is 1. The first kappa shape index (κ1) is 19.2.